The van der Waals surface area contributed by atoms with Gasteiger partial charge >= 0.3 is 12.1 Å². The molecule has 1 aliphatic carbocycles. The number of benzene rings is 2. The number of ether oxygens (including phenoxy) is 2. The Balaban J connectivity index is 1.87. The molecule has 2 aromatic carbocycles. The second-order valence-electron chi connectivity index (χ2n) is 5.99. The van der Waals surface area contributed by atoms with Crippen molar-refractivity contribution in [3.63, 3.8) is 0 Å². The Labute approximate surface area is 152 Å². The van der Waals surface area contributed by atoms with Gasteiger partial charge in [-0.15, -0.1) is 0 Å². The zero-order valence-corrected chi connectivity index (χ0v) is 14.9. The van der Waals surface area contributed by atoms with Gasteiger partial charge in [-0.05, 0) is 22.3 Å². The summed E-state index contributed by atoms with van der Waals surface area (Å²) in [6.07, 6.45) is -0.402. The Bertz CT molecular complexity index is 760. The molecule has 0 atom stereocenters. The molecule has 0 aromatic heterocycles. The molecule has 0 bridgehead atoms. The van der Waals surface area contributed by atoms with Crippen molar-refractivity contribution in [2.75, 3.05) is 33.9 Å². The van der Waals surface area contributed by atoms with Crippen LogP contribution in [0.25, 0.3) is 11.1 Å². The van der Waals surface area contributed by atoms with Gasteiger partial charge in [-0.2, -0.15) is 0 Å². The van der Waals surface area contributed by atoms with E-state index in [2.05, 4.69) is 22.2 Å². The van der Waals surface area contributed by atoms with E-state index < -0.39 is 6.09 Å². The molecule has 0 radical (unpaired) electrons. The number of nitrogens with one attached hydrogen (secondary N) is 1. The molecule has 1 amide bonds. The molecule has 136 valence electrons. The summed E-state index contributed by atoms with van der Waals surface area (Å²) < 4.78 is 9.63. The number of hydrogen-bond acceptors (Lipinski definition) is 5. The molecule has 6 heteroatoms. The monoisotopic (exact) mass is 354 g/mol. The van der Waals surface area contributed by atoms with Crippen molar-refractivity contribution < 1.29 is 19.1 Å². The first-order chi connectivity index (χ1) is 12.7. The van der Waals surface area contributed by atoms with E-state index in [0.29, 0.717) is 13.1 Å². The maximum absolute atomic E-state index is 12.5. The normalized spacial score (nSPS) is 12.2. The molecule has 2 aromatic rings. The summed E-state index contributed by atoms with van der Waals surface area (Å²) in [6, 6.07) is 15.9. The lowest BCUT2D eigenvalue weighted by Crippen LogP contribution is -2.40. The number of carbonyl (C=O) groups excluding carboxylic acids is 2. The van der Waals surface area contributed by atoms with E-state index in [-0.39, 0.29) is 18.6 Å². The number of esters is 1. The third-order valence-corrected chi connectivity index (χ3v) is 4.55. The van der Waals surface area contributed by atoms with E-state index in [0.717, 1.165) is 22.3 Å². The number of hydrogen-bond donors (Lipinski definition) is 1. The third-order valence-electron chi connectivity index (χ3n) is 4.55. The Morgan fingerprint density at radius 3 is 2.08 bits per heavy atom. The predicted molar refractivity (Wildman–Crippen MR) is 97.7 cm³/mol. The predicted octanol–water partition coefficient (Wildman–Crippen LogP) is 2.59. The average molecular weight is 354 g/mol. The quantitative estimate of drug-likeness (QED) is 0.638. The summed E-state index contributed by atoms with van der Waals surface area (Å²) >= 11 is 0. The molecule has 0 heterocycles. The van der Waals surface area contributed by atoms with Crippen LogP contribution < -0.4 is 5.32 Å². The highest BCUT2D eigenvalue weighted by Gasteiger charge is 2.35. The number of methoxy groups -OCH3 is 2. The molecule has 0 fully saturated rings. The Morgan fingerprint density at radius 1 is 0.962 bits per heavy atom. The Morgan fingerprint density at radius 2 is 1.54 bits per heavy atom. The fourth-order valence-corrected chi connectivity index (χ4v) is 3.37. The first-order valence-electron chi connectivity index (χ1n) is 8.47. The van der Waals surface area contributed by atoms with E-state index in [9.17, 15) is 9.59 Å². The zero-order chi connectivity index (χ0) is 18.5. The fraction of sp³-hybridized carbons (Fsp3) is 0.300. The van der Waals surface area contributed by atoms with Crippen LogP contribution in [0, 0.1) is 0 Å². The van der Waals surface area contributed by atoms with E-state index in [1.54, 1.807) is 4.90 Å². The first-order valence-corrected chi connectivity index (χ1v) is 8.47. The van der Waals surface area contributed by atoms with Crippen LogP contribution in [0.3, 0.4) is 0 Å². The van der Waals surface area contributed by atoms with Crippen molar-refractivity contribution in [2.45, 2.75) is 6.04 Å². The summed E-state index contributed by atoms with van der Waals surface area (Å²) in [7, 11) is 2.72. The lowest BCUT2D eigenvalue weighted by Gasteiger charge is -2.29. The highest BCUT2D eigenvalue weighted by Crippen LogP contribution is 2.46. The van der Waals surface area contributed by atoms with Crippen LogP contribution in [0.1, 0.15) is 17.2 Å². The van der Waals surface area contributed by atoms with Crippen LogP contribution in [0.5, 0.6) is 0 Å². The van der Waals surface area contributed by atoms with Gasteiger partial charge in [-0.25, -0.2) is 4.79 Å². The number of carbonyl (C=O) groups is 2. The van der Waals surface area contributed by atoms with Crippen LogP contribution in [-0.2, 0) is 14.3 Å². The minimum Gasteiger partial charge on any atom is -0.468 e. The minimum atomic E-state index is -0.402. The molecule has 26 heavy (non-hydrogen) atoms. The van der Waals surface area contributed by atoms with Crippen LogP contribution >= 0.6 is 0 Å². The van der Waals surface area contributed by atoms with Gasteiger partial charge in [0, 0.05) is 13.1 Å². The van der Waals surface area contributed by atoms with Gasteiger partial charge < -0.3 is 14.8 Å². The molecular weight excluding hydrogens is 332 g/mol. The van der Waals surface area contributed by atoms with Crippen LogP contribution in [0.15, 0.2) is 48.5 Å². The zero-order valence-electron chi connectivity index (χ0n) is 14.9. The SMILES string of the molecule is COC(=O)CNCCN(C(=O)OC)C1c2ccccc2-c2ccccc21. The lowest BCUT2D eigenvalue weighted by molar-refractivity contribution is -0.139. The molecule has 3 rings (SSSR count). The van der Waals surface area contributed by atoms with E-state index >= 15 is 0 Å². The van der Waals surface area contributed by atoms with Crippen molar-refractivity contribution in [3.8, 4) is 11.1 Å². The molecular formula is C20H22N2O4. The molecule has 0 saturated carbocycles. The minimum absolute atomic E-state index is 0.101. The maximum atomic E-state index is 12.5. The number of nitrogens with zero attached hydrogens (tertiary/aromatic N) is 1. The average Bonchev–Trinajstić information content (AvgIpc) is 3.02. The molecule has 0 aliphatic heterocycles. The lowest BCUT2D eigenvalue weighted by atomic mass is 10.0. The number of amides is 1. The molecule has 6 nitrogen and oxygen atoms in total. The van der Waals surface area contributed by atoms with Gasteiger partial charge in [0.2, 0.25) is 0 Å². The largest absolute Gasteiger partial charge is 0.468 e. The van der Waals surface area contributed by atoms with Crippen LogP contribution in [-0.4, -0.2) is 50.8 Å². The maximum Gasteiger partial charge on any atom is 0.410 e. The van der Waals surface area contributed by atoms with Gasteiger partial charge in [0.1, 0.15) is 0 Å². The van der Waals surface area contributed by atoms with Gasteiger partial charge in [-0.1, -0.05) is 48.5 Å². The van der Waals surface area contributed by atoms with Crippen molar-refractivity contribution in [1.82, 2.24) is 10.2 Å². The van der Waals surface area contributed by atoms with Crippen molar-refractivity contribution in [3.05, 3.63) is 59.7 Å². The van der Waals surface area contributed by atoms with Gasteiger partial charge in [-0.3, -0.25) is 9.69 Å². The summed E-state index contributed by atoms with van der Waals surface area (Å²) in [6.45, 7) is 0.950. The Hall–Kier alpha value is -2.86. The van der Waals surface area contributed by atoms with Gasteiger partial charge in [0.25, 0.3) is 0 Å². The molecule has 0 spiro atoms. The first kappa shape index (κ1) is 17.9. The smallest absolute Gasteiger partial charge is 0.410 e. The van der Waals surface area contributed by atoms with Gasteiger partial charge in [0.05, 0.1) is 26.8 Å². The Kier molecular flexibility index (Phi) is 5.53. The highest BCUT2D eigenvalue weighted by molar-refractivity contribution is 5.81. The van der Waals surface area contributed by atoms with Crippen molar-refractivity contribution in [2.24, 2.45) is 0 Å². The van der Waals surface area contributed by atoms with Crippen molar-refractivity contribution in [1.29, 1.82) is 0 Å². The molecule has 1 N–H and O–H groups in total. The highest BCUT2D eigenvalue weighted by atomic mass is 16.5. The van der Waals surface area contributed by atoms with Crippen molar-refractivity contribution >= 4 is 12.1 Å². The summed E-state index contributed by atoms with van der Waals surface area (Å²) in [4.78, 5) is 25.4. The topological polar surface area (TPSA) is 67.9 Å². The van der Waals surface area contributed by atoms with Crippen LogP contribution in [0.4, 0.5) is 4.79 Å². The molecule has 1 aliphatic rings. The summed E-state index contributed by atoms with van der Waals surface area (Å²) in [5.41, 5.74) is 4.41. The fourth-order valence-electron chi connectivity index (χ4n) is 3.37. The summed E-state index contributed by atoms with van der Waals surface area (Å²) in [5.74, 6) is -0.342. The van der Waals surface area contributed by atoms with E-state index in [4.69, 9.17) is 4.74 Å². The van der Waals surface area contributed by atoms with Gasteiger partial charge in [0.15, 0.2) is 0 Å². The summed E-state index contributed by atoms with van der Waals surface area (Å²) in [5, 5.41) is 2.99. The standard InChI is InChI=1S/C20H22N2O4/c1-25-18(23)13-21-11-12-22(20(24)26-2)19-16-9-5-3-7-14(16)15-8-4-6-10-17(15)19/h3-10,19,21H,11-13H2,1-2H3. The number of rotatable bonds is 6. The number of fused-ring (bicyclic) bond motifs is 3. The van der Waals surface area contributed by atoms with Crippen LogP contribution in [0.2, 0.25) is 0 Å². The second-order valence-corrected chi connectivity index (χ2v) is 5.99. The third kappa shape index (κ3) is 3.41. The molecule has 0 saturated heterocycles. The molecule has 0 unspecified atom stereocenters. The second kappa shape index (κ2) is 8.01. The van der Waals surface area contributed by atoms with E-state index in [1.165, 1.54) is 14.2 Å². The van der Waals surface area contributed by atoms with E-state index in [1.807, 2.05) is 36.4 Å².